The number of benzene rings is 1. The molecule has 2 aliphatic rings. The molecule has 1 N–H and O–H groups in total. The standard InChI is InChI=1S/C14H18BrNO2/c1-9-8-11-14(18-7-6-17-11)13(15)12(9)10-4-2-3-5-16-10/h8,10,16H,2-7H2,1H3. The molecule has 2 heterocycles. The highest BCUT2D eigenvalue weighted by atomic mass is 79.9. The highest BCUT2D eigenvalue weighted by Gasteiger charge is 2.25. The van der Waals surface area contributed by atoms with Crippen molar-refractivity contribution in [2.45, 2.75) is 32.2 Å². The van der Waals surface area contributed by atoms with Gasteiger partial charge in [0.1, 0.15) is 13.2 Å². The van der Waals surface area contributed by atoms with Crippen LogP contribution in [0.1, 0.15) is 36.4 Å². The van der Waals surface area contributed by atoms with Crippen LogP contribution in [0.15, 0.2) is 10.5 Å². The molecule has 0 spiro atoms. The summed E-state index contributed by atoms with van der Waals surface area (Å²) in [4.78, 5) is 0. The Balaban J connectivity index is 2.02. The third kappa shape index (κ3) is 2.12. The zero-order valence-corrected chi connectivity index (χ0v) is 12.2. The molecule has 18 heavy (non-hydrogen) atoms. The minimum atomic E-state index is 0.434. The van der Waals surface area contributed by atoms with Crippen LogP contribution >= 0.6 is 15.9 Å². The van der Waals surface area contributed by atoms with Gasteiger partial charge in [-0.25, -0.2) is 0 Å². The maximum absolute atomic E-state index is 5.74. The monoisotopic (exact) mass is 311 g/mol. The molecule has 0 amide bonds. The SMILES string of the molecule is Cc1cc2c(c(Br)c1C1CCCCN1)OCCO2. The van der Waals surface area contributed by atoms with Crippen LogP contribution in [0, 0.1) is 6.92 Å². The minimum absolute atomic E-state index is 0.434. The molecule has 1 fully saturated rings. The number of ether oxygens (including phenoxy) is 2. The van der Waals surface area contributed by atoms with E-state index in [-0.39, 0.29) is 0 Å². The van der Waals surface area contributed by atoms with Crippen molar-refractivity contribution >= 4 is 15.9 Å². The molecule has 0 radical (unpaired) electrons. The summed E-state index contributed by atoms with van der Waals surface area (Å²) in [5, 5.41) is 3.60. The molecule has 4 heteroatoms. The Bertz CT molecular complexity index is 456. The maximum atomic E-state index is 5.74. The first-order valence-corrected chi connectivity index (χ1v) is 7.38. The lowest BCUT2D eigenvalue weighted by atomic mass is 9.93. The molecular weight excluding hydrogens is 294 g/mol. The van der Waals surface area contributed by atoms with Gasteiger partial charge in [0, 0.05) is 6.04 Å². The van der Waals surface area contributed by atoms with Crippen molar-refractivity contribution in [1.82, 2.24) is 5.32 Å². The molecule has 98 valence electrons. The number of aryl methyl sites for hydroxylation is 1. The Labute approximate surface area is 116 Å². The van der Waals surface area contributed by atoms with Crippen LogP contribution in [0.25, 0.3) is 0 Å². The number of hydrogen-bond donors (Lipinski definition) is 1. The Morgan fingerprint density at radius 3 is 2.89 bits per heavy atom. The molecule has 1 aromatic carbocycles. The van der Waals surface area contributed by atoms with Crippen molar-refractivity contribution in [2.75, 3.05) is 19.8 Å². The zero-order valence-electron chi connectivity index (χ0n) is 10.6. The summed E-state index contributed by atoms with van der Waals surface area (Å²) in [5.41, 5.74) is 2.60. The maximum Gasteiger partial charge on any atom is 0.175 e. The van der Waals surface area contributed by atoms with E-state index >= 15 is 0 Å². The van der Waals surface area contributed by atoms with E-state index in [1.54, 1.807) is 0 Å². The van der Waals surface area contributed by atoms with Gasteiger partial charge in [-0.05, 0) is 59.4 Å². The number of fused-ring (bicyclic) bond motifs is 1. The highest BCUT2D eigenvalue weighted by molar-refractivity contribution is 9.10. The molecule has 1 aromatic rings. The number of rotatable bonds is 1. The van der Waals surface area contributed by atoms with E-state index in [1.165, 1.54) is 30.4 Å². The number of piperidine rings is 1. The molecular formula is C14H18BrNO2. The van der Waals surface area contributed by atoms with Gasteiger partial charge in [0.05, 0.1) is 4.47 Å². The van der Waals surface area contributed by atoms with Gasteiger partial charge in [0.2, 0.25) is 0 Å². The van der Waals surface area contributed by atoms with Gasteiger partial charge in [-0.15, -0.1) is 0 Å². The van der Waals surface area contributed by atoms with Crippen LogP contribution in [0.4, 0.5) is 0 Å². The first-order valence-electron chi connectivity index (χ1n) is 6.59. The molecule has 1 atom stereocenters. The van der Waals surface area contributed by atoms with Crippen LogP contribution in [0.5, 0.6) is 11.5 Å². The van der Waals surface area contributed by atoms with Crippen LogP contribution in [-0.4, -0.2) is 19.8 Å². The van der Waals surface area contributed by atoms with Crippen LogP contribution in [0.2, 0.25) is 0 Å². The molecule has 1 saturated heterocycles. The second kappa shape index (κ2) is 5.10. The van der Waals surface area contributed by atoms with E-state index in [2.05, 4.69) is 34.2 Å². The second-order valence-corrected chi connectivity index (χ2v) is 5.74. The topological polar surface area (TPSA) is 30.5 Å². The molecule has 3 nitrogen and oxygen atoms in total. The molecule has 0 aromatic heterocycles. The minimum Gasteiger partial charge on any atom is -0.486 e. The Hall–Kier alpha value is -0.740. The van der Waals surface area contributed by atoms with Gasteiger partial charge in [0.15, 0.2) is 11.5 Å². The number of hydrogen-bond acceptors (Lipinski definition) is 3. The van der Waals surface area contributed by atoms with E-state index in [1.807, 2.05) is 0 Å². The summed E-state index contributed by atoms with van der Waals surface area (Å²) in [5.74, 6) is 1.74. The van der Waals surface area contributed by atoms with E-state index in [4.69, 9.17) is 9.47 Å². The van der Waals surface area contributed by atoms with Gasteiger partial charge in [0.25, 0.3) is 0 Å². The largest absolute Gasteiger partial charge is 0.486 e. The predicted octanol–water partition coefficient (Wildman–Crippen LogP) is 3.34. The van der Waals surface area contributed by atoms with Crippen molar-refractivity contribution in [3.05, 3.63) is 21.7 Å². The summed E-state index contributed by atoms with van der Waals surface area (Å²) < 4.78 is 12.5. The summed E-state index contributed by atoms with van der Waals surface area (Å²) in [7, 11) is 0. The Morgan fingerprint density at radius 2 is 2.11 bits per heavy atom. The van der Waals surface area contributed by atoms with Gasteiger partial charge >= 0.3 is 0 Å². The molecule has 0 saturated carbocycles. The number of halogens is 1. The van der Waals surface area contributed by atoms with E-state index in [9.17, 15) is 0 Å². The normalized spacial score (nSPS) is 22.9. The van der Waals surface area contributed by atoms with Crippen LogP contribution in [-0.2, 0) is 0 Å². The van der Waals surface area contributed by atoms with Crippen molar-refractivity contribution in [2.24, 2.45) is 0 Å². The van der Waals surface area contributed by atoms with E-state index in [0.717, 1.165) is 22.5 Å². The summed E-state index contributed by atoms with van der Waals surface area (Å²) in [6.07, 6.45) is 3.76. The fourth-order valence-corrected chi connectivity index (χ4v) is 3.71. The smallest absolute Gasteiger partial charge is 0.175 e. The third-order valence-corrected chi connectivity index (χ3v) is 4.47. The molecule has 3 rings (SSSR count). The summed E-state index contributed by atoms with van der Waals surface area (Å²) in [6, 6.07) is 2.54. The fourth-order valence-electron chi connectivity index (χ4n) is 2.81. The molecule has 2 aliphatic heterocycles. The van der Waals surface area contributed by atoms with Gasteiger partial charge in [-0.1, -0.05) is 6.42 Å². The lowest BCUT2D eigenvalue weighted by Crippen LogP contribution is -2.28. The highest BCUT2D eigenvalue weighted by Crippen LogP contribution is 2.44. The van der Waals surface area contributed by atoms with Crippen molar-refractivity contribution in [3.63, 3.8) is 0 Å². The third-order valence-electron chi connectivity index (χ3n) is 3.68. The number of nitrogens with one attached hydrogen (secondary N) is 1. The predicted molar refractivity (Wildman–Crippen MR) is 74.5 cm³/mol. The lowest BCUT2D eigenvalue weighted by molar-refractivity contribution is 0.169. The van der Waals surface area contributed by atoms with E-state index in [0.29, 0.717) is 19.3 Å². The average Bonchev–Trinajstić information content (AvgIpc) is 2.40. The Morgan fingerprint density at radius 1 is 1.28 bits per heavy atom. The van der Waals surface area contributed by atoms with Crippen LogP contribution < -0.4 is 14.8 Å². The van der Waals surface area contributed by atoms with Crippen molar-refractivity contribution in [3.8, 4) is 11.5 Å². The first kappa shape index (κ1) is 12.3. The van der Waals surface area contributed by atoms with E-state index < -0.39 is 0 Å². The van der Waals surface area contributed by atoms with Gasteiger partial charge in [-0.2, -0.15) is 0 Å². The van der Waals surface area contributed by atoms with Gasteiger partial charge < -0.3 is 14.8 Å². The lowest BCUT2D eigenvalue weighted by Gasteiger charge is -2.29. The molecule has 0 aliphatic carbocycles. The second-order valence-electron chi connectivity index (χ2n) is 4.95. The quantitative estimate of drug-likeness (QED) is 0.863. The zero-order chi connectivity index (χ0) is 12.5. The van der Waals surface area contributed by atoms with Crippen molar-refractivity contribution in [1.29, 1.82) is 0 Å². The van der Waals surface area contributed by atoms with Crippen molar-refractivity contribution < 1.29 is 9.47 Å². The van der Waals surface area contributed by atoms with Crippen LogP contribution in [0.3, 0.4) is 0 Å². The first-order chi connectivity index (χ1) is 8.77. The molecule has 0 bridgehead atoms. The average molecular weight is 312 g/mol. The Kier molecular flexibility index (Phi) is 3.48. The molecule has 1 unspecified atom stereocenters. The fraction of sp³-hybridized carbons (Fsp3) is 0.571. The van der Waals surface area contributed by atoms with Gasteiger partial charge in [-0.3, -0.25) is 0 Å². The summed E-state index contributed by atoms with van der Waals surface area (Å²) >= 11 is 3.71. The summed E-state index contributed by atoms with van der Waals surface area (Å²) in [6.45, 7) is 4.52.